The van der Waals surface area contributed by atoms with Crippen molar-refractivity contribution in [3.8, 4) is 0 Å². The van der Waals surface area contributed by atoms with Crippen molar-refractivity contribution in [3.63, 3.8) is 0 Å². The maximum atomic E-state index is 11.9. The van der Waals surface area contributed by atoms with Gasteiger partial charge in [-0.15, -0.1) is 5.10 Å². The number of hydrogen-bond donors (Lipinski definition) is 3. The lowest BCUT2D eigenvalue weighted by molar-refractivity contribution is 0.0917. The van der Waals surface area contributed by atoms with Gasteiger partial charge in [0.15, 0.2) is 0 Å². The van der Waals surface area contributed by atoms with E-state index in [1.165, 1.54) is 0 Å². The van der Waals surface area contributed by atoms with Gasteiger partial charge in [0.25, 0.3) is 0 Å². The molecule has 0 aliphatic heterocycles. The minimum absolute atomic E-state index is 0.0541. The average Bonchev–Trinajstić information content (AvgIpc) is 3.29. The molecule has 0 aromatic carbocycles. The number of likely N-dealkylation sites (N-methyl/N-ethyl adjacent to an activating group) is 1. The number of rotatable bonds is 9. The van der Waals surface area contributed by atoms with Crippen LogP contribution in [0.4, 0.5) is 17.9 Å². The number of carbonyl (C=O) groups is 1. The normalized spacial score (nSPS) is 13.7. The van der Waals surface area contributed by atoms with E-state index in [0.717, 1.165) is 19.4 Å². The molecule has 0 saturated heterocycles. The quantitative estimate of drug-likeness (QED) is 0.577. The van der Waals surface area contributed by atoms with E-state index in [2.05, 4.69) is 46.0 Å². The molecule has 140 valence electrons. The van der Waals surface area contributed by atoms with Gasteiger partial charge in [-0.3, -0.25) is 10.1 Å². The van der Waals surface area contributed by atoms with Crippen LogP contribution in [0.2, 0.25) is 0 Å². The van der Waals surface area contributed by atoms with Crippen molar-refractivity contribution in [2.45, 2.75) is 32.2 Å². The van der Waals surface area contributed by atoms with Crippen LogP contribution in [0.15, 0.2) is 4.42 Å². The number of aromatic nitrogens is 5. The van der Waals surface area contributed by atoms with E-state index in [1.807, 2.05) is 21.0 Å². The number of hydrogen-bond acceptors (Lipinski definition) is 10. The number of amides is 1. The lowest BCUT2D eigenvalue weighted by atomic mass is 10.4. The minimum atomic E-state index is -0.371. The Kier molecular flexibility index (Phi) is 5.56. The average molecular weight is 361 g/mol. The van der Waals surface area contributed by atoms with Gasteiger partial charge < -0.3 is 20.0 Å². The monoisotopic (exact) mass is 361 g/mol. The molecule has 3 rings (SSSR count). The molecule has 3 N–H and O–H groups in total. The second-order valence-corrected chi connectivity index (χ2v) is 6.27. The summed E-state index contributed by atoms with van der Waals surface area (Å²) in [5.74, 6) is 0.910. The van der Waals surface area contributed by atoms with E-state index in [1.54, 1.807) is 0 Å². The molecule has 0 radical (unpaired) electrons. The first-order chi connectivity index (χ1) is 12.5. The Morgan fingerprint density at radius 3 is 2.65 bits per heavy atom. The van der Waals surface area contributed by atoms with E-state index in [4.69, 9.17) is 4.42 Å². The van der Waals surface area contributed by atoms with Gasteiger partial charge in [-0.2, -0.15) is 15.0 Å². The van der Waals surface area contributed by atoms with Crippen LogP contribution in [0, 0.1) is 0 Å². The van der Waals surface area contributed by atoms with Crippen LogP contribution in [0.5, 0.6) is 0 Å². The zero-order valence-corrected chi connectivity index (χ0v) is 15.1. The van der Waals surface area contributed by atoms with Crippen molar-refractivity contribution in [1.29, 1.82) is 0 Å². The predicted octanol–water partition coefficient (Wildman–Crippen LogP) is 0.426. The molecule has 26 heavy (non-hydrogen) atoms. The number of carbonyl (C=O) groups excluding carboxylic acids is 1. The smallest absolute Gasteiger partial charge is 0.322 e. The van der Waals surface area contributed by atoms with Gasteiger partial charge in [-0.1, -0.05) is 12.0 Å². The molecule has 11 heteroatoms. The number of nitrogens with one attached hydrogen (secondary N) is 3. The largest absolute Gasteiger partial charge is 0.399 e. The van der Waals surface area contributed by atoms with Crippen LogP contribution < -0.4 is 16.0 Å². The summed E-state index contributed by atoms with van der Waals surface area (Å²) in [5, 5.41) is 16.3. The van der Waals surface area contributed by atoms with E-state index < -0.39 is 0 Å². The summed E-state index contributed by atoms with van der Waals surface area (Å²) < 4.78 is 5.33. The predicted molar refractivity (Wildman–Crippen MR) is 94.3 cm³/mol. The fourth-order valence-electron chi connectivity index (χ4n) is 2.04. The summed E-state index contributed by atoms with van der Waals surface area (Å²) in [5.41, 5.74) is 0. The molecule has 2 aromatic heterocycles. The van der Waals surface area contributed by atoms with Crippen molar-refractivity contribution in [2.24, 2.45) is 0 Å². The molecule has 11 nitrogen and oxygen atoms in total. The van der Waals surface area contributed by atoms with Crippen LogP contribution in [-0.4, -0.2) is 69.2 Å². The van der Waals surface area contributed by atoms with E-state index in [-0.39, 0.29) is 29.8 Å². The van der Waals surface area contributed by atoms with E-state index in [0.29, 0.717) is 24.7 Å². The highest BCUT2D eigenvalue weighted by Gasteiger charge is 2.26. The highest BCUT2D eigenvalue weighted by Crippen LogP contribution is 2.19. The molecule has 1 saturated carbocycles. The Labute approximate surface area is 151 Å². The van der Waals surface area contributed by atoms with Gasteiger partial charge in [0, 0.05) is 25.6 Å². The Morgan fingerprint density at radius 2 is 1.96 bits per heavy atom. The molecular formula is C15H23N9O2. The number of anilines is 3. The van der Waals surface area contributed by atoms with E-state index in [9.17, 15) is 4.79 Å². The lowest BCUT2D eigenvalue weighted by Crippen LogP contribution is -2.25. The summed E-state index contributed by atoms with van der Waals surface area (Å²) in [7, 11) is 3.98. The Hall–Kier alpha value is -2.82. The maximum absolute atomic E-state index is 11.9. The van der Waals surface area contributed by atoms with Gasteiger partial charge in [0.05, 0.1) is 0 Å². The van der Waals surface area contributed by atoms with Gasteiger partial charge in [-0.05, 0) is 26.9 Å². The van der Waals surface area contributed by atoms with Crippen LogP contribution >= 0.6 is 0 Å². The maximum Gasteiger partial charge on any atom is 0.322 e. The first-order valence-electron chi connectivity index (χ1n) is 8.58. The summed E-state index contributed by atoms with van der Waals surface area (Å²) in [6.45, 7) is 3.50. The van der Waals surface area contributed by atoms with Crippen molar-refractivity contribution >= 4 is 23.8 Å². The third-order valence-electron chi connectivity index (χ3n) is 3.59. The molecule has 1 aliphatic rings. The highest BCUT2D eigenvalue weighted by atomic mass is 16.4. The molecule has 1 amide bonds. The molecule has 0 spiro atoms. The third-order valence-corrected chi connectivity index (χ3v) is 3.59. The van der Waals surface area contributed by atoms with Crippen molar-refractivity contribution in [1.82, 2.24) is 35.4 Å². The second-order valence-electron chi connectivity index (χ2n) is 6.27. The second kappa shape index (κ2) is 8.04. The molecule has 1 fully saturated rings. The zero-order chi connectivity index (χ0) is 18.5. The standard InChI is InChI=1S/C15H23N9O2/c1-4-10-18-13(16-7-8-24(2)3)20-14(19-10)21-15-23-22-12(26-15)11(25)17-9-5-6-9/h9H,4-8H2,1-3H3,(H,17,25)(H2,16,18,19,20,21,23). The number of aryl methyl sites for hydroxylation is 1. The van der Waals surface area contributed by atoms with Crippen molar-refractivity contribution < 1.29 is 9.21 Å². The summed E-state index contributed by atoms with van der Waals surface area (Å²) in [6, 6.07) is 0.274. The van der Waals surface area contributed by atoms with Crippen LogP contribution in [0.25, 0.3) is 0 Å². The summed E-state index contributed by atoms with van der Waals surface area (Å²) in [6.07, 6.45) is 2.62. The Balaban J connectivity index is 1.66. The highest BCUT2D eigenvalue weighted by molar-refractivity contribution is 5.90. The molecule has 2 heterocycles. The molecule has 0 bridgehead atoms. The SMILES string of the molecule is CCc1nc(NCCN(C)C)nc(Nc2nnc(C(=O)NC3CC3)o2)n1. The van der Waals surface area contributed by atoms with Gasteiger partial charge in [-0.25, -0.2) is 0 Å². The van der Waals surface area contributed by atoms with Crippen molar-refractivity contribution in [3.05, 3.63) is 11.7 Å². The molecule has 1 aliphatic carbocycles. The fourth-order valence-corrected chi connectivity index (χ4v) is 2.04. The van der Waals surface area contributed by atoms with E-state index >= 15 is 0 Å². The molecule has 0 atom stereocenters. The third kappa shape index (κ3) is 5.09. The fraction of sp³-hybridized carbons (Fsp3) is 0.600. The molecule has 0 unspecified atom stereocenters. The Morgan fingerprint density at radius 1 is 1.19 bits per heavy atom. The Bertz CT molecular complexity index is 757. The summed E-state index contributed by atoms with van der Waals surface area (Å²) in [4.78, 5) is 26.9. The first kappa shape index (κ1) is 18.0. The minimum Gasteiger partial charge on any atom is -0.399 e. The van der Waals surface area contributed by atoms with Crippen LogP contribution in [-0.2, 0) is 6.42 Å². The molecular weight excluding hydrogens is 338 g/mol. The van der Waals surface area contributed by atoms with Gasteiger partial charge in [0.2, 0.25) is 11.9 Å². The number of nitrogens with zero attached hydrogens (tertiary/aromatic N) is 6. The first-order valence-corrected chi connectivity index (χ1v) is 8.58. The summed E-state index contributed by atoms with van der Waals surface area (Å²) >= 11 is 0. The van der Waals surface area contributed by atoms with Gasteiger partial charge >= 0.3 is 17.8 Å². The van der Waals surface area contributed by atoms with Crippen molar-refractivity contribution in [2.75, 3.05) is 37.8 Å². The van der Waals surface area contributed by atoms with Crippen LogP contribution in [0.1, 0.15) is 36.3 Å². The van der Waals surface area contributed by atoms with Crippen LogP contribution in [0.3, 0.4) is 0 Å². The topological polar surface area (TPSA) is 134 Å². The lowest BCUT2D eigenvalue weighted by Gasteiger charge is -2.11. The zero-order valence-electron chi connectivity index (χ0n) is 15.1. The van der Waals surface area contributed by atoms with Gasteiger partial charge in [0.1, 0.15) is 5.82 Å². The molecule has 2 aromatic rings.